The molecule has 2 aliphatic rings. The molecule has 1 aromatic carbocycles. The normalized spacial score (nSPS) is 20.0. The van der Waals surface area contributed by atoms with Crippen LogP contribution in [0, 0.1) is 0 Å². The zero-order valence-electron chi connectivity index (χ0n) is 14.6. The van der Waals surface area contributed by atoms with E-state index in [-0.39, 0.29) is 17.8 Å². The Labute approximate surface area is 152 Å². The molecule has 2 heterocycles. The van der Waals surface area contributed by atoms with Crippen molar-refractivity contribution in [2.75, 3.05) is 10.7 Å². The zero-order valence-corrected chi connectivity index (χ0v) is 15.4. The SMILES string of the molecule is CC1CCc2ccccc2N1C(=O)CS(=O)(=O)Cc1nnnn1C1CC1. The van der Waals surface area contributed by atoms with Gasteiger partial charge in [-0.1, -0.05) is 18.2 Å². The standard InChI is InChI=1S/C17H21N5O3S/c1-12-6-7-13-4-2-3-5-15(13)21(12)17(23)11-26(24,25)10-16-18-19-20-22(16)14-8-9-14/h2-5,12,14H,6-11H2,1H3. The monoisotopic (exact) mass is 375 g/mol. The molecule has 1 aliphatic heterocycles. The molecule has 9 heteroatoms. The number of nitrogens with zero attached hydrogens (tertiary/aromatic N) is 5. The van der Waals surface area contributed by atoms with Crippen LogP contribution in [0.15, 0.2) is 24.3 Å². The average molecular weight is 375 g/mol. The number of benzene rings is 1. The summed E-state index contributed by atoms with van der Waals surface area (Å²) in [4.78, 5) is 14.5. The van der Waals surface area contributed by atoms with Crippen molar-refractivity contribution in [1.82, 2.24) is 20.2 Å². The number of anilines is 1. The minimum atomic E-state index is -3.66. The Morgan fingerprint density at radius 2 is 2.00 bits per heavy atom. The van der Waals surface area contributed by atoms with E-state index in [2.05, 4.69) is 15.5 Å². The maximum absolute atomic E-state index is 12.8. The van der Waals surface area contributed by atoms with Crippen LogP contribution in [0.2, 0.25) is 0 Å². The Kier molecular flexibility index (Phi) is 4.26. The molecular weight excluding hydrogens is 354 g/mol. The van der Waals surface area contributed by atoms with E-state index in [4.69, 9.17) is 0 Å². The van der Waals surface area contributed by atoms with E-state index in [1.165, 1.54) is 0 Å². The third-order valence-electron chi connectivity index (χ3n) is 4.94. The topological polar surface area (TPSA) is 98.1 Å². The van der Waals surface area contributed by atoms with Crippen LogP contribution in [0.5, 0.6) is 0 Å². The van der Waals surface area contributed by atoms with Gasteiger partial charge in [-0.25, -0.2) is 13.1 Å². The van der Waals surface area contributed by atoms with Crippen molar-refractivity contribution in [3.63, 3.8) is 0 Å². The van der Waals surface area contributed by atoms with Crippen LogP contribution < -0.4 is 4.90 Å². The van der Waals surface area contributed by atoms with Crippen LogP contribution in [0.3, 0.4) is 0 Å². The molecule has 26 heavy (non-hydrogen) atoms. The minimum Gasteiger partial charge on any atom is -0.308 e. The quantitative estimate of drug-likeness (QED) is 0.781. The summed E-state index contributed by atoms with van der Waals surface area (Å²) in [6, 6.07) is 7.84. The van der Waals surface area contributed by atoms with Gasteiger partial charge in [0.1, 0.15) is 11.5 Å². The van der Waals surface area contributed by atoms with E-state index in [9.17, 15) is 13.2 Å². The van der Waals surface area contributed by atoms with Crippen molar-refractivity contribution in [1.29, 1.82) is 0 Å². The summed E-state index contributed by atoms with van der Waals surface area (Å²) in [5, 5.41) is 11.3. The summed E-state index contributed by atoms with van der Waals surface area (Å²) < 4.78 is 26.8. The van der Waals surface area contributed by atoms with Gasteiger partial charge in [-0.3, -0.25) is 4.79 Å². The summed E-state index contributed by atoms with van der Waals surface area (Å²) >= 11 is 0. The second-order valence-corrected chi connectivity index (χ2v) is 9.15. The largest absolute Gasteiger partial charge is 0.308 e. The lowest BCUT2D eigenvalue weighted by Gasteiger charge is -2.35. The number of aromatic nitrogens is 4. The maximum Gasteiger partial charge on any atom is 0.242 e. The zero-order chi connectivity index (χ0) is 18.3. The van der Waals surface area contributed by atoms with Crippen molar-refractivity contribution < 1.29 is 13.2 Å². The third-order valence-corrected chi connectivity index (χ3v) is 6.32. The Bertz CT molecular complexity index is 935. The van der Waals surface area contributed by atoms with Gasteiger partial charge in [-0.2, -0.15) is 0 Å². The molecule has 4 rings (SSSR count). The van der Waals surface area contributed by atoms with Crippen molar-refractivity contribution in [3.05, 3.63) is 35.7 Å². The Morgan fingerprint density at radius 3 is 2.77 bits per heavy atom. The molecule has 0 N–H and O–H groups in total. The molecule has 0 saturated heterocycles. The number of amides is 1. The number of sulfone groups is 1. The molecule has 0 spiro atoms. The highest BCUT2D eigenvalue weighted by Crippen LogP contribution is 2.35. The Hall–Kier alpha value is -2.29. The van der Waals surface area contributed by atoms with Crippen molar-refractivity contribution in [2.45, 2.75) is 50.4 Å². The Morgan fingerprint density at radius 1 is 1.23 bits per heavy atom. The maximum atomic E-state index is 12.8. The number of tetrazole rings is 1. The predicted molar refractivity (Wildman–Crippen MR) is 95.3 cm³/mol. The first kappa shape index (κ1) is 17.1. The number of para-hydroxylation sites is 1. The van der Waals surface area contributed by atoms with Gasteiger partial charge in [-0.05, 0) is 54.7 Å². The van der Waals surface area contributed by atoms with Gasteiger partial charge < -0.3 is 4.90 Å². The van der Waals surface area contributed by atoms with E-state index < -0.39 is 21.5 Å². The highest BCUT2D eigenvalue weighted by molar-refractivity contribution is 7.91. The molecule has 8 nitrogen and oxygen atoms in total. The molecule has 1 aromatic heterocycles. The molecule has 2 aromatic rings. The lowest BCUT2D eigenvalue weighted by atomic mass is 9.97. The molecule has 0 radical (unpaired) electrons. The summed E-state index contributed by atoms with van der Waals surface area (Å²) in [6.07, 6.45) is 3.63. The van der Waals surface area contributed by atoms with E-state index in [1.54, 1.807) is 9.58 Å². The van der Waals surface area contributed by atoms with Crippen LogP contribution in [-0.2, 0) is 26.8 Å². The lowest BCUT2D eigenvalue weighted by Crippen LogP contribution is -2.45. The first-order valence-electron chi connectivity index (χ1n) is 8.82. The van der Waals surface area contributed by atoms with Gasteiger partial charge in [0.15, 0.2) is 15.7 Å². The number of hydrogen-bond acceptors (Lipinski definition) is 6. The number of carbonyl (C=O) groups excluding carboxylic acids is 1. The molecule has 0 bridgehead atoms. The Balaban J connectivity index is 1.52. The second kappa shape index (κ2) is 6.46. The molecule has 138 valence electrons. The van der Waals surface area contributed by atoms with E-state index in [0.29, 0.717) is 5.82 Å². The molecular formula is C17H21N5O3S. The van der Waals surface area contributed by atoms with Gasteiger partial charge in [0.2, 0.25) is 5.91 Å². The smallest absolute Gasteiger partial charge is 0.242 e. The third kappa shape index (κ3) is 3.35. The fourth-order valence-electron chi connectivity index (χ4n) is 3.48. The van der Waals surface area contributed by atoms with E-state index >= 15 is 0 Å². The summed E-state index contributed by atoms with van der Waals surface area (Å²) in [7, 11) is -3.66. The predicted octanol–water partition coefficient (Wildman–Crippen LogP) is 1.29. The van der Waals surface area contributed by atoms with E-state index in [0.717, 1.165) is 36.9 Å². The number of hydrogen-bond donors (Lipinski definition) is 0. The van der Waals surface area contributed by atoms with Gasteiger partial charge in [-0.15, -0.1) is 5.10 Å². The minimum absolute atomic E-state index is 0.0237. The fourth-order valence-corrected chi connectivity index (χ4v) is 4.68. The summed E-state index contributed by atoms with van der Waals surface area (Å²) in [5.74, 6) is -0.933. The van der Waals surface area contributed by atoms with Crippen molar-refractivity contribution >= 4 is 21.4 Å². The molecule has 1 aliphatic carbocycles. The number of aryl methyl sites for hydroxylation is 1. The van der Waals surface area contributed by atoms with Gasteiger partial charge >= 0.3 is 0 Å². The van der Waals surface area contributed by atoms with Crippen LogP contribution in [0.1, 0.15) is 43.6 Å². The summed E-state index contributed by atoms with van der Waals surface area (Å²) in [5.41, 5.74) is 1.89. The molecule has 1 unspecified atom stereocenters. The summed E-state index contributed by atoms with van der Waals surface area (Å²) in [6.45, 7) is 1.95. The van der Waals surface area contributed by atoms with Crippen LogP contribution in [0.25, 0.3) is 0 Å². The lowest BCUT2D eigenvalue weighted by molar-refractivity contribution is -0.116. The first-order valence-corrected chi connectivity index (χ1v) is 10.6. The van der Waals surface area contributed by atoms with E-state index in [1.807, 2.05) is 31.2 Å². The molecule has 1 saturated carbocycles. The van der Waals surface area contributed by atoms with Gasteiger partial charge in [0.25, 0.3) is 0 Å². The highest BCUT2D eigenvalue weighted by Gasteiger charge is 2.33. The second-order valence-electron chi connectivity index (χ2n) is 7.08. The highest BCUT2D eigenvalue weighted by atomic mass is 32.2. The van der Waals surface area contributed by atoms with Crippen LogP contribution in [0.4, 0.5) is 5.69 Å². The van der Waals surface area contributed by atoms with Crippen LogP contribution in [-0.4, -0.2) is 46.3 Å². The average Bonchev–Trinajstić information content (AvgIpc) is 3.34. The number of carbonyl (C=O) groups is 1. The van der Waals surface area contributed by atoms with Crippen molar-refractivity contribution in [2.24, 2.45) is 0 Å². The van der Waals surface area contributed by atoms with Gasteiger partial charge in [0.05, 0.1) is 6.04 Å². The van der Waals surface area contributed by atoms with Crippen molar-refractivity contribution in [3.8, 4) is 0 Å². The van der Waals surface area contributed by atoms with Crippen LogP contribution >= 0.6 is 0 Å². The van der Waals surface area contributed by atoms with Gasteiger partial charge in [0, 0.05) is 11.7 Å². The molecule has 1 amide bonds. The molecule has 1 atom stereocenters. The number of fused-ring (bicyclic) bond motifs is 1. The first-order chi connectivity index (χ1) is 12.4. The molecule has 1 fully saturated rings. The number of rotatable bonds is 5. The fraction of sp³-hybridized carbons (Fsp3) is 0.529.